The Balaban J connectivity index is 1.68. The van der Waals surface area contributed by atoms with Crippen molar-refractivity contribution in [1.29, 1.82) is 0 Å². The van der Waals surface area contributed by atoms with Crippen molar-refractivity contribution in [3.63, 3.8) is 0 Å². The lowest BCUT2D eigenvalue weighted by molar-refractivity contribution is 0.208. The van der Waals surface area contributed by atoms with E-state index in [9.17, 15) is 0 Å². The molecule has 2 aromatic rings. The standard InChI is InChI=1S/C15H19N3S/c19-12-14(13-4-2-1-3-5-13)10-17-8-9-18-7-6-16-15(18)11-17/h1-7,14,19H,8-12H2. The molecular weight excluding hydrogens is 254 g/mol. The van der Waals surface area contributed by atoms with Crippen LogP contribution in [0.3, 0.4) is 0 Å². The number of aromatic nitrogens is 2. The summed E-state index contributed by atoms with van der Waals surface area (Å²) in [6, 6.07) is 10.7. The Morgan fingerprint density at radius 3 is 2.84 bits per heavy atom. The van der Waals surface area contributed by atoms with Crippen molar-refractivity contribution in [3.8, 4) is 0 Å². The maximum atomic E-state index is 4.52. The van der Waals surface area contributed by atoms with Crippen molar-refractivity contribution >= 4 is 12.6 Å². The number of imidazole rings is 1. The van der Waals surface area contributed by atoms with Crippen molar-refractivity contribution in [2.75, 3.05) is 18.8 Å². The molecule has 1 aliphatic heterocycles. The summed E-state index contributed by atoms with van der Waals surface area (Å²) in [5, 5.41) is 0. The lowest BCUT2D eigenvalue weighted by Gasteiger charge is -2.30. The number of hydrogen-bond donors (Lipinski definition) is 1. The monoisotopic (exact) mass is 273 g/mol. The Hall–Kier alpha value is -1.26. The number of fused-ring (bicyclic) bond motifs is 1. The van der Waals surface area contributed by atoms with Crippen LogP contribution in [0.25, 0.3) is 0 Å². The summed E-state index contributed by atoms with van der Waals surface area (Å²) in [7, 11) is 0. The second kappa shape index (κ2) is 5.80. The minimum absolute atomic E-state index is 0.492. The third kappa shape index (κ3) is 2.85. The number of hydrogen-bond acceptors (Lipinski definition) is 3. The molecule has 4 heteroatoms. The van der Waals surface area contributed by atoms with Gasteiger partial charge in [0.1, 0.15) is 5.82 Å². The SMILES string of the molecule is SCC(CN1CCn2ccnc2C1)c1ccccc1. The van der Waals surface area contributed by atoms with Crippen LogP contribution in [0.2, 0.25) is 0 Å². The van der Waals surface area contributed by atoms with Crippen LogP contribution in [0.1, 0.15) is 17.3 Å². The van der Waals surface area contributed by atoms with Crippen LogP contribution in [0.15, 0.2) is 42.7 Å². The third-order valence-electron chi connectivity index (χ3n) is 3.79. The van der Waals surface area contributed by atoms with E-state index in [1.807, 2.05) is 6.20 Å². The quantitative estimate of drug-likeness (QED) is 0.864. The second-order valence-electron chi connectivity index (χ2n) is 5.06. The Morgan fingerprint density at radius 2 is 2.05 bits per heavy atom. The number of nitrogens with zero attached hydrogens (tertiary/aromatic N) is 3. The van der Waals surface area contributed by atoms with Crippen molar-refractivity contribution in [2.24, 2.45) is 0 Å². The molecule has 19 heavy (non-hydrogen) atoms. The minimum atomic E-state index is 0.492. The van der Waals surface area contributed by atoms with Crippen LogP contribution < -0.4 is 0 Å². The molecule has 1 aliphatic rings. The fourth-order valence-electron chi connectivity index (χ4n) is 2.68. The van der Waals surface area contributed by atoms with Gasteiger partial charge in [0, 0.05) is 37.9 Å². The molecule has 0 N–H and O–H groups in total. The summed E-state index contributed by atoms with van der Waals surface area (Å²) < 4.78 is 2.24. The van der Waals surface area contributed by atoms with Crippen molar-refractivity contribution in [3.05, 3.63) is 54.1 Å². The van der Waals surface area contributed by atoms with Gasteiger partial charge in [-0.05, 0) is 11.3 Å². The molecule has 1 aromatic carbocycles. The molecule has 0 amide bonds. The summed E-state index contributed by atoms with van der Waals surface area (Å²) >= 11 is 4.52. The van der Waals surface area contributed by atoms with Gasteiger partial charge in [0.2, 0.25) is 0 Å². The lowest BCUT2D eigenvalue weighted by Crippen LogP contribution is -2.36. The molecule has 0 radical (unpaired) electrons. The molecule has 0 fully saturated rings. The van der Waals surface area contributed by atoms with Crippen LogP contribution >= 0.6 is 12.6 Å². The molecule has 0 aliphatic carbocycles. The fourth-order valence-corrected chi connectivity index (χ4v) is 3.01. The first kappa shape index (κ1) is 12.8. The van der Waals surface area contributed by atoms with E-state index in [0.29, 0.717) is 5.92 Å². The molecule has 3 nitrogen and oxygen atoms in total. The summed E-state index contributed by atoms with van der Waals surface area (Å²) in [6.45, 7) is 4.15. The number of thiol groups is 1. The summed E-state index contributed by atoms with van der Waals surface area (Å²) in [5.74, 6) is 2.55. The van der Waals surface area contributed by atoms with Gasteiger partial charge < -0.3 is 4.57 Å². The Morgan fingerprint density at radius 1 is 1.21 bits per heavy atom. The summed E-state index contributed by atoms with van der Waals surface area (Å²) in [4.78, 5) is 6.90. The van der Waals surface area contributed by atoms with Gasteiger partial charge in [-0.2, -0.15) is 12.6 Å². The van der Waals surface area contributed by atoms with Crippen molar-refractivity contribution in [1.82, 2.24) is 14.5 Å². The van der Waals surface area contributed by atoms with Gasteiger partial charge >= 0.3 is 0 Å². The van der Waals surface area contributed by atoms with Gasteiger partial charge in [-0.25, -0.2) is 4.98 Å². The fraction of sp³-hybridized carbons (Fsp3) is 0.400. The van der Waals surface area contributed by atoms with E-state index in [0.717, 1.165) is 31.9 Å². The molecule has 1 atom stereocenters. The Kier molecular flexibility index (Phi) is 3.89. The van der Waals surface area contributed by atoms with Gasteiger partial charge in [-0.3, -0.25) is 4.90 Å². The first-order chi connectivity index (χ1) is 9.36. The highest BCUT2D eigenvalue weighted by Crippen LogP contribution is 2.20. The highest BCUT2D eigenvalue weighted by Gasteiger charge is 2.20. The number of rotatable bonds is 4. The maximum absolute atomic E-state index is 4.52. The number of benzene rings is 1. The van der Waals surface area contributed by atoms with Crippen molar-refractivity contribution < 1.29 is 0 Å². The average Bonchev–Trinajstić information content (AvgIpc) is 2.93. The highest BCUT2D eigenvalue weighted by molar-refractivity contribution is 7.80. The Labute approximate surface area is 119 Å². The van der Waals surface area contributed by atoms with Crippen LogP contribution in [-0.4, -0.2) is 33.3 Å². The van der Waals surface area contributed by atoms with Gasteiger partial charge in [-0.1, -0.05) is 30.3 Å². The average molecular weight is 273 g/mol. The van der Waals surface area contributed by atoms with Crippen LogP contribution in [0, 0.1) is 0 Å². The molecule has 3 rings (SSSR count). The molecule has 0 spiro atoms. The molecular formula is C15H19N3S. The van der Waals surface area contributed by atoms with E-state index in [1.165, 1.54) is 11.4 Å². The van der Waals surface area contributed by atoms with Gasteiger partial charge in [0.05, 0.1) is 6.54 Å². The van der Waals surface area contributed by atoms with E-state index in [4.69, 9.17) is 0 Å². The largest absolute Gasteiger partial charge is 0.333 e. The predicted octanol–water partition coefficient (Wildman–Crippen LogP) is 2.41. The predicted molar refractivity (Wildman–Crippen MR) is 80.5 cm³/mol. The van der Waals surface area contributed by atoms with Gasteiger partial charge in [-0.15, -0.1) is 0 Å². The lowest BCUT2D eigenvalue weighted by atomic mass is 10.0. The topological polar surface area (TPSA) is 21.1 Å². The molecule has 0 bridgehead atoms. The molecule has 1 aromatic heterocycles. The highest BCUT2D eigenvalue weighted by atomic mass is 32.1. The van der Waals surface area contributed by atoms with Gasteiger partial charge in [0.15, 0.2) is 0 Å². The normalized spacial score (nSPS) is 17.1. The van der Waals surface area contributed by atoms with Crippen LogP contribution in [0.5, 0.6) is 0 Å². The molecule has 2 heterocycles. The maximum Gasteiger partial charge on any atom is 0.122 e. The first-order valence-corrected chi connectivity index (χ1v) is 7.38. The van der Waals surface area contributed by atoms with E-state index >= 15 is 0 Å². The zero-order valence-corrected chi connectivity index (χ0v) is 11.8. The molecule has 100 valence electrons. The summed E-state index contributed by atoms with van der Waals surface area (Å²) in [5.41, 5.74) is 1.38. The molecule has 1 unspecified atom stereocenters. The third-order valence-corrected chi connectivity index (χ3v) is 4.23. The first-order valence-electron chi connectivity index (χ1n) is 6.75. The molecule has 0 saturated carbocycles. The van der Waals surface area contributed by atoms with Crippen molar-refractivity contribution in [2.45, 2.75) is 19.0 Å². The summed E-state index contributed by atoms with van der Waals surface area (Å²) in [6.07, 6.45) is 3.96. The van der Waals surface area contributed by atoms with E-state index < -0.39 is 0 Å². The van der Waals surface area contributed by atoms with E-state index in [2.05, 4.69) is 63.6 Å². The smallest absolute Gasteiger partial charge is 0.122 e. The molecule has 0 saturated heterocycles. The van der Waals surface area contributed by atoms with E-state index in [-0.39, 0.29) is 0 Å². The zero-order chi connectivity index (χ0) is 13.1. The van der Waals surface area contributed by atoms with Crippen LogP contribution in [0.4, 0.5) is 0 Å². The van der Waals surface area contributed by atoms with Crippen LogP contribution in [-0.2, 0) is 13.1 Å². The second-order valence-corrected chi connectivity index (χ2v) is 5.43. The van der Waals surface area contributed by atoms with E-state index in [1.54, 1.807) is 0 Å². The van der Waals surface area contributed by atoms with Gasteiger partial charge in [0.25, 0.3) is 0 Å². The minimum Gasteiger partial charge on any atom is -0.333 e. The Bertz CT molecular complexity index is 523. The zero-order valence-electron chi connectivity index (χ0n) is 10.9.